The molecule has 0 aromatic carbocycles. The van der Waals surface area contributed by atoms with E-state index in [1.165, 1.54) is 0 Å². The molecule has 0 unspecified atom stereocenters. The molecule has 0 N–H and O–H groups in total. The third-order valence-corrected chi connectivity index (χ3v) is 2.70. The van der Waals surface area contributed by atoms with Crippen LogP contribution in [0.4, 0.5) is 0 Å². The smallest absolute Gasteiger partial charge is 0.225 e. The summed E-state index contributed by atoms with van der Waals surface area (Å²) in [6.45, 7) is 2.90. The first-order valence-corrected chi connectivity index (χ1v) is 4.75. The average molecular weight is 169 g/mol. The van der Waals surface area contributed by atoms with Crippen LogP contribution in [0.25, 0.3) is 0 Å². The summed E-state index contributed by atoms with van der Waals surface area (Å²) in [7, 11) is 0. The molecule has 1 amide bonds. The molecule has 2 saturated heterocycles. The Balaban J connectivity index is 2.04. The molecular weight excluding hydrogens is 154 g/mol. The number of rotatable bonds is 2. The number of carbonyl (C=O) groups is 1. The molecule has 0 aliphatic carbocycles. The molecule has 2 aliphatic rings. The van der Waals surface area contributed by atoms with Crippen molar-refractivity contribution >= 4 is 5.91 Å². The van der Waals surface area contributed by atoms with Crippen molar-refractivity contribution in [3.63, 3.8) is 0 Å². The third-order valence-electron chi connectivity index (χ3n) is 2.70. The van der Waals surface area contributed by atoms with Crippen molar-refractivity contribution < 1.29 is 9.53 Å². The van der Waals surface area contributed by atoms with Crippen LogP contribution in [-0.2, 0) is 9.53 Å². The number of nitrogens with zero attached hydrogens (tertiary/aromatic N) is 1. The predicted molar refractivity (Wildman–Crippen MR) is 44.5 cm³/mol. The van der Waals surface area contributed by atoms with Crippen LogP contribution in [0.3, 0.4) is 0 Å². The highest BCUT2D eigenvalue weighted by Crippen LogP contribution is 2.29. The van der Waals surface area contributed by atoms with Crippen LogP contribution in [0.1, 0.15) is 32.6 Å². The summed E-state index contributed by atoms with van der Waals surface area (Å²) in [6, 6.07) is 0.370. The lowest BCUT2D eigenvalue weighted by molar-refractivity contribution is -0.131. The summed E-state index contributed by atoms with van der Waals surface area (Å²) >= 11 is 0. The molecule has 0 bridgehead atoms. The minimum Gasteiger partial charge on any atom is -0.356 e. The van der Waals surface area contributed by atoms with Crippen LogP contribution in [0.2, 0.25) is 0 Å². The van der Waals surface area contributed by atoms with Crippen molar-refractivity contribution in [2.45, 2.75) is 44.9 Å². The van der Waals surface area contributed by atoms with E-state index in [1.807, 2.05) is 4.90 Å². The molecule has 0 saturated carbocycles. The summed E-state index contributed by atoms with van der Waals surface area (Å²) in [5, 5.41) is 0. The second-order valence-electron chi connectivity index (χ2n) is 3.57. The monoisotopic (exact) mass is 169 g/mol. The number of fused-ring (bicyclic) bond motifs is 1. The Labute approximate surface area is 72.7 Å². The zero-order chi connectivity index (χ0) is 8.55. The Morgan fingerprint density at radius 1 is 1.67 bits per heavy atom. The van der Waals surface area contributed by atoms with Crippen LogP contribution in [0.15, 0.2) is 0 Å². The Morgan fingerprint density at radius 3 is 3.25 bits per heavy atom. The zero-order valence-electron chi connectivity index (χ0n) is 7.45. The van der Waals surface area contributed by atoms with Gasteiger partial charge >= 0.3 is 0 Å². The highest BCUT2D eigenvalue weighted by Gasteiger charge is 2.41. The maximum atomic E-state index is 11.4. The van der Waals surface area contributed by atoms with Crippen molar-refractivity contribution in [1.29, 1.82) is 0 Å². The van der Waals surface area contributed by atoms with E-state index in [4.69, 9.17) is 4.74 Å². The van der Waals surface area contributed by atoms with E-state index in [9.17, 15) is 4.79 Å². The topological polar surface area (TPSA) is 29.5 Å². The van der Waals surface area contributed by atoms with Gasteiger partial charge in [-0.05, 0) is 6.42 Å². The summed E-state index contributed by atoms with van der Waals surface area (Å²) in [5.74, 6) is 0.288. The number of carbonyl (C=O) groups excluding carboxylic acids is 1. The van der Waals surface area contributed by atoms with Crippen LogP contribution in [0.5, 0.6) is 0 Å². The van der Waals surface area contributed by atoms with Crippen LogP contribution >= 0.6 is 0 Å². The summed E-state index contributed by atoms with van der Waals surface area (Å²) in [6.07, 6.45) is 3.92. The molecule has 12 heavy (non-hydrogen) atoms. The number of hydrogen-bond acceptors (Lipinski definition) is 2. The van der Waals surface area contributed by atoms with Crippen LogP contribution < -0.4 is 0 Å². The predicted octanol–water partition coefficient (Wildman–Crippen LogP) is 1.13. The van der Waals surface area contributed by atoms with E-state index in [0.717, 1.165) is 25.9 Å². The summed E-state index contributed by atoms with van der Waals surface area (Å²) in [4.78, 5) is 13.3. The molecule has 2 atom stereocenters. The fourth-order valence-electron chi connectivity index (χ4n) is 2.14. The summed E-state index contributed by atoms with van der Waals surface area (Å²) in [5.41, 5.74) is 0. The van der Waals surface area contributed by atoms with Gasteiger partial charge < -0.3 is 9.64 Å². The molecule has 2 heterocycles. The van der Waals surface area contributed by atoms with Gasteiger partial charge in [0.2, 0.25) is 5.91 Å². The highest BCUT2D eigenvalue weighted by molar-refractivity contribution is 5.79. The molecule has 0 spiro atoms. The fourth-order valence-corrected chi connectivity index (χ4v) is 2.14. The van der Waals surface area contributed by atoms with E-state index in [1.54, 1.807) is 0 Å². The molecule has 0 aromatic heterocycles. The third kappa shape index (κ3) is 1.12. The lowest BCUT2D eigenvalue weighted by Crippen LogP contribution is -2.35. The SMILES string of the molecule is CCC[C@H]1CO[C@@H]2CCC(=O)N12. The van der Waals surface area contributed by atoms with Gasteiger partial charge in [0.25, 0.3) is 0 Å². The van der Waals surface area contributed by atoms with Crippen molar-refractivity contribution in [2.24, 2.45) is 0 Å². The molecule has 0 aromatic rings. The van der Waals surface area contributed by atoms with Gasteiger partial charge in [-0.3, -0.25) is 4.79 Å². The Morgan fingerprint density at radius 2 is 2.50 bits per heavy atom. The van der Waals surface area contributed by atoms with Gasteiger partial charge in [0.15, 0.2) is 0 Å². The summed E-state index contributed by atoms with van der Waals surface area (Å²) < 4.78 is 5.52. The van der Waals surface area contributed by atoms with Gasteiger partial charge in [-0.2, -0.15) is 0 Å². The van der Waals surface area contributed by atoms with Gasteiger partial charge in [-0.15, -0.1) is 0 Å². The first-order chi connectivity index (χ1) is 5.83. The molecular formula is C9H15NO2. The van der Waals surface area contributed by atoms with E-state index < -0.39 is 0 Å². The molecule has 2 fully saturated rings. The molecule has 2 aliphatic heterocycles. The minimum atomic E-state index is 0.119. The van der Waals surface area contributed by atoms with Crippen LogP contribution in [0, 0.1) is 0 Å². The Kier molecular flexibility index (Phi) is 2.05. The fraction of sp³-hybridized carbons (Fsp3) is 0.889. The van der Waals surface area contributed by atoms with Gasteiger partial charge in [-0.25, -0.2) is 0 Å². The molecule has 3 nitrogen and oxygen atoms in total. The van der Waals surface area contributed by atoms with E-state index >= 15 is 0 Å². The van der Waals surface area contributed by atoms with Gasteiger partial charge in [0.05, 0.1) is 12.6 Å². The van der Waals surface area contributed by atoms with Crippen molar-refractivity contribution in [1.82, 2.24) is 4.90 Å². The zero-order valence-corrected chi connectivity index (χ0v) is 7.45. The van der Waals surface area contributed by atoms with E-state index in [0.29, 0.717) is 12.5 Å². The lowest BCUT2D eigenvalue weighted by Gasteiger charge is -2.20. The second kappa shape index (κ2) is 3.05. The van der Waals surface area contributed by atoms with Crippen LogP contribution in [-0.4, -0.2) is 29.7 Å². The standard InChI is InChI=1S/C9H15NO2/c1-2-3-7-6-12-9-5-4-8(11)10(7)9/h7,9H,2-6H2,1H3/t7-,9+/m0/s1. The average Bonchev–Trinajstić information content (AvgIpc) is 2.58. The number of hydrogen-bond donors (Lipinski definition) is 0. The van der Waals surface area contributed by atoms with E-state index in [2.05, 4.69) is 6.92 Å². The molecule has 68 valence electrons. The largest absolute Gasteiger partial charge is 0.356 e. The number of ether oxygens (including phenoxy) is 1. The molecule has 0 radical (unpaired) electrons. The van der Waals surface area contributed by atoms with Gasteiger partial charge in [0.1, 0.15) is 6.23 Å². The van der Waals surface area contributed by atoms with Crippen molar-refractivity contribution in [2.75, 3.05) is 6.61 Å². The maximum absolute atomic E-state index is 11.4. The van der Waals surface area contributed by atoms with Gasteiger partial charge in [0, 0.05) is 12.8 Å². The first kappa shape index (κ1) is 8.05. The lowest BCUT2D eigenvalue weighted by atomic mass is 10.2. The van der Waals surface area contributed by atoms with Crippen molar-refractivity contribution in [3.05, 3.63) is 0 Å². The maximum Gasteiger partial charge on any atom is 0.225 e. The molecule has 2 rings (SSSR count). The first-order valence-electron chi connectivity index (χ1n) is 4.75. The molecule has 3 heteroatoms. The van der Waals surface area contributed by atoms with Gasteiger partial charge in [-0.1, -0.05) is 13.3 Å². The van der Waals surface area contributed by atoms with E-state index in [-0.39, 0.29) is 12.1 Å². The minimum absolute atomic E-state index is 0.119. The van der Waals surface area contributed by atoms with Crippen molar-refractivity contribution in [3.8, 4) is 0 Å². The quantitative estimate of drug-likeness (QED) is 0.620. The number of amides is 1. The second-order valence-corrected chi connectivity index (χ2v) is 3.57. The normalized spacial score (nSPS) is 34.4. The Bertz CT molecular complexity index is 191. The Hall–Kier alpha value is -0.570. The highest BCUT2D eigenvalue weighted by atomic mass is 16.5.